The zero-order valence-corrected chi connectivity index (χ0v) is 16.7. The van der Waals surface area contributed by atoms with E-state index in [1.54, 1.807) is 0 Å². The smallest absolute Gasteiger partial charge is 0.253 e. The molecule has 0 aromatic heterocycles. The summed E-state index contributed by atoms with van der Waals surface area (Å²) in [5.74, 6) is 0.570. The Balaban J connectivity index is 1.48. The van der Waals surface area contributed by atoms with Crippen molar-refractivity contribution >= 4 is 34.8 Å². The van der Waals surface area contributed by atoms with Gasteiger partial charge in [0.25, 0.3) is 5.91 Å². The maximum Gasteiger partial charge on any atom is 0.253 e. The monoisotopic (exact) mass is 387 g/mol. The van der Waals surface area contributed by atoms with E-state index in [4.69, 9.17) is 12.2 Å². The van der Waals surface area contributed by atoms with Crippen molar-refractivity contribution in [3.63, 3.8) is 0 Å². The van der Waals surface area contributed by atoms with Crippen LogP contribution in [0.15, 0.2) is 24.3 Å². The highest BCUT2D eigenvalue weighted by atomic mass is 32.1. The van der Waals surface area contributed by atoms with Gasteiger partial charge in [0.2, 0.25) is 5.91 Å². The largest absolute Gasteiger partial charge is 0.339 e. The molecule has 0 bridgehead atoms. The summed E-state index contributed by atoms with van der Waals surface area (Å²) in [6.45, 7) is 1.69. The van der Waals surface area contributed by atoms with Crippen molar-refractivity contribution in [2.24, 2.45) is 5.92 Å². The number of hydrogen-bond acceptors (Lipinski definition) is 3. The Morgan fingerprint density at radius 2 is 1.59 bits per heavy atom. The Labute approximate surface area is 166 Å². The number of anilines is 1. The van der Waals surface area contributed by atoms with Crippen molar-refractivity contribution in [1.82, 2.24) is 10.2 Å². The van der Waals surface area contributed by atoms with Gasteiger partial charge in [-0.05, 0) is 68.1 Å². The molecule has 1 saturated carbocycles. The number of thiocarbonyl (C=S) groups is 1. The Bertz CT molecular complexity index is 661. The lowest BCUT2D eigenvalue weighted by atomic mass is 10.0. The van der Waals surface area contributed by atoms with Crippen LogP contribution in [-0.2, 0) is 4.79 Å². The molecule has 1 saturated heterocycles. The molecular weight excluding hydrogens is 358 g/mol. The van der Waals surface area contributed by atoms with E-state index in [2.05, 4.69) is 10.6 Å². The zero-order valence-electron chi connectivity index (χ0n) is 15.8. The van der Waals surface area contributed by atoms with E-state index in [-0.39, 0.29) is 11.8 Å². The first-order valence-electron chi connectivity index (χ1n) is 10.1. The Morgan fingerprint density at radius 3 is 2.22 bits per heavy atom. The van der Waals surface area contributed by atoms with E-state index in [9.17, 15) is 9.59 Å². The Morgan fingerprint density at radius 1 is 0.963 bits per heavy atom. The lowest BCUT2D eigenvalue weighted by molar-refractivity contribution is -0.120. The molecule has 6 heteroatoms. The fourth-order valence-corrected chi connectivity index (χ4v) is 4.20. The minimum atomic E-state index is -0.0210. The van der Waals surface area contributed by atoms with Gasteiger partial charge in [0.05, 0.1) is 0 Å². The van der Waals surface area contributed by atoms with Crippen LogP contribution >= 0.6 is 12.2 Å². The predicted octanol–water partition coefficient (Wildman–Crippen LogP) is 4.10. The first-order valence-corrected chi connectivity index (χ1v) is 10.5. The van der Waals surface area contributed by atoms with Gasteiger partial charge in [0.15, 0.2) is 5.11 Å². The molecular formula is C21H29N3O2S. The maximum atomic E-state index is 12.6. The summed E-state index contributed by atoms with van der Waals surface area (Å²) in [7, 11) is 0. The molecule has 146 valence electrons. The standard InChI is InChI=1S/C21H29N3O2S/c25-19(15-16-7-3-4-8-16)23-21(27)22-18-11-9-17(10-12-18)20(26)24-13-5-1-2-6-14-24/h9-12,16H,1-8,13-15H2,(H2,22,23,25,27). The molecule has 0 radical (unpaired) electrons. The average molecular weight is 388 g/mol. The van der Waals surface area contributed by atoms with Gasteiger partial charge in [0, 0.05) is 30.8 Å². The molecule has 0 atom stereocenters. The third kappa shape index (κ3) is 6.03. The van der Waals surface area contributed by atoms with Crippen LogP contribution in [0.5, 0.6) is 0 Å². The number of carbonyl (C=O) groups is 2. The summed E-state index contributed by atoms with van der Waals surface area (Å²) < 4.78 is 0. The Hall–Kier alpha value is -1.95. The third-order valence-electron chi connectivity index (χ3n) is 5.48. The summed E-state index contributed by atoms with van der Waals surface area (Å²) in [6.07, 6.45) is 9.85. The quantitative estimate of drug-likeness (QED) is 0.764. The molecule has 1 aliphatic heterocycles. The molecule has 2 N–H and O–H groups in total. The number of amides is 2. The van der Waals surface area contributed by atoms with Crippen LogP contribution in [0.25, 0.3) is 0 Å². The SMILES string of the molecule is O=C(CC1CCCC1)NC(=S)Nc1ccc(C(=O)N2CCCCCC2)cc1. The van der Waals surface area contributed by atoms with Crippen LogP contribution in [0.4, 0.5) is 5.69 Å². The molecule has 27 heavy (non-hydrogen) atoms. The van der Waals surface area contributed by atoms with Gasteiger partial charge in [-0.2, -0.15) is 0 Å². The molecule has 1 aliphatic carbocycles. The van der Waals surface area contributed by atoms with Gasteiger partial charge in [-0.3, -0.25) is 9.59 Å². The van der Waals surface area contributed by atoms with Gasteiger partial charge in [-0.1, -0.05) is 25.7 Å². The lowest BCUT2D eigenvalue weighted by Gasteiger charge is -2.20. The first kappa shape index (κ1) is 19.8. The summed E-state index contributed by atoms with van der Waals surface area (Å²) in [4.78, 5) is 26.6. The van der Waals surface area contributed by atoms with Crippen molar-refractivity contribution in [3.05, 3.63) is 29.8 Å². The normalized spacial score (nSPS) is 18.0. The van der Waals surface area contributed by atoms with Gasteiger partial charge in [-0.15, -0.1) is 0 Å². The fourth-order valence-electron chi connectivity index (χ4n) is 3.97. The first-order chi connectivity index (χ1) is 13.1. The van der Waals surface area contributed by atoms with Crippen molar-refractivity contribution in [2.75, 3.05) is 18.4 Å². The molecule has 1 aromatic carbocycles. The van der Waals surface area contributed by atoms with E-state index in [0.29, 0.717) is 23.0 Å². The molecule has 2 amide bonds. The van der Waals surface area contributed by atoms with Gasteiger partial charge in [0.1, 0.15) is 0 Å². The van der Waals surface area contributed by atoms with Crippen LogP contribution in [0, 0.1) is 5.92 Å². The summed E-state index contributed by atoms with van der Waals surface area (Å²) in [6, 6.07) is 7.30. The van der Waals surface area contributed by atoms with Crippen molar-refractivity contribution in [2.45, 2.75) is 57.8 Å². The third-order valence-corrected chi connectivity index (χ3v) is 5.69. The van der Waals surface area contributed by atoms with Gasteiger partial charge >= 0.3 is 0 Å². The molecule has 3 rings (SSSR count). The summed E-state index contributed by atoms with van der Waals surface area (Å²) in [5, 5.41) is 6.10. The van der Waals surface area contributed by atoms with E-state index in [1.807, 2.05) is 29.2 Å². The topological polar surface area (TPSA) is 61.4 Å². The summed E-state index contributed by atoms with van der Waals surface area (Å²) >= 11 is 5.24. The molecule has 5 nitrogen and oxygen atoms in total. The highest BCUT2D eigenvalue weighted by molar-refractivity contribution is 7.80. The predicted molar refractivity (Wildman–Crippen MR) is 112 cm³/mol. The van der Waals surface area contributed by atoms with E-state index >= 15 is 0 Å². The van der Waals surface area contributed by atoms with Crippen molar-refractivity contribution in [3.8, 4) is 0 Å². The zero-order chi connectivity index (χ0) is 19.1. The van der Waals surface area contributed by atoms with E-state index in [1.165, 1.54) is 25.7 Å². The van der Waals surface area contributed by atoms with E-state index in [0.717, 1.165) is 44.5 Å². The lowest BCUT2D eigenvalue weighted by Crippen LogP contribution is -2.35. The van der Waals surface area contributed by atoms with Crippen LogP contribution < -0.4 is 10.6 Å². The van der Waals surface area contributed by atoms with Gasteiger partial charge < -0.3 is 15.5 Å². The van der Waals surface area contributed by atoms with Crippen molar-refractivity contribution in [1.29, 1.82) is 0 Å². The number of nitrogens with zero attached hydrogens (tertiary/aromatic N) is 1. The number of benzene rings is 1. The minimum absolute atomic E-state index is 0.0210. The molecule has 1 heterocycles. The molecule has 1 aromatic rings. The second kappa shape index (κ2) is 9.83. The number of rotatable bonds is 4. The molecule has 0 unspecified atom stereocenters. The maximum absolute atomic E-state index is 12.6. The number of likely N-dealkylation sites (tertiary alicyclic amines) is 1. The highest BCUT2D eigenvalue weighted by Crippen LogP contribution is 2.27. The molecule has 2 aliphatic rings. The second-order valence-corrected chi connectivity index (χ2v) is 8.05. The molecule has 0 spiro atoms. The van der Waals surface area contributed by atoms with Crippen LogP contribution in [0.2, 0.25) is 0 Å². The molecule has 2 fully saturated rings. The minimum Gasteiger partial charge on any atom is -0.339 e. The van der Waals surface area contributed by atoms with Crippen LogP contribution in [0.1, 0.15) is 68.1 Å². The number of nitrogens with one attached hydrogen (secondary N) is 2. The van der Waals surface area contributed by atoms with Crippen molar-refractivity contribution < 1.29 is 9.59 Å². The summed E-state index contributed by atoms with van der Waals surface area (Å²) in [5.41, 5.74) is 1.47. The van der Waals surface area contributed by atoms with E-state index < -0.39 is 0 Å². The fraction of sp³-hybridized carbons (Fsp3) is 0.571. The second-order valence-electron chi connectivity index (χ2n) is 7.64. The Kier molecular flexibility index (Phi) is 7.21. The highest BCUT2D eigenvalue weighted by Gasteiger charge is 2.19. The number of hydrogen-bond donors (Lipinski definition) is 2. The number of carbonyl (C=O) groups excluding carboxylic acids is 2. The van der Waals surface area contributed by atoms with Gasteiger partial charge in [-0.25, -0.2) is 0 Å². The van der Waals surface area contributed by atoms with Crippen LogP contribution in [-0.4, -0.2) is 34.9 Å². The van der Waals surface area contributed by atoms with Crippen LogP contribution in [0.3, 0.4) is 0 Å². The average Bonchev–Trinajstić information content (AvgIpc) is 3.00.